The number of nitrogens with zero attached hydrogens (tertiary/aromatic N) is 1. The topological polar surface area (TPSA) is 87.7 Å². The maximum absolute atomic E-state index is 13.7. The number of alkyl carbamates (subject to hydrolysis) is 1. The van der Waals surface area contributed by atoms with Gasteiger partial charge in [-0.2, -0.15) is 0 Å². The number of anilines is 1. The molecular formula is C25H29Cl2N3O4S. The number of hydrogen-bond donors (Lipinski definition) is 2. The third kappa shape index (κ3) is 7.29. The zero-order valence-corrected chi connectivity index (χ0v) is 22.6. The summed E-state index contributed by atoms with van der Waals surface area (Å²) < 4.78 is 5.36. The quantitative estimate of drug-likeness (QED) is 0.513. The lowest BCUT2D eigenvalue weighted by Gasteiger charge is -2.27. The van der Waals surface area contributed by atoms with Gasteiger partial charge in [0.1, 0.15) is 11.6 Å². The van der Waals surface area contributed by atoms with Gasteiger partial charge < -0.3 is 20.3 Å². The molecule has 2 aromatic carbocycles. The number of amides is 3. The van der Waals surface area contributed by atoms with Crippen molar-refractivity contribution in [3.05, 3.63) is 57.6 Å². The van der Waals surface area contributed by atoms with Crippen molar-refractivity contribution in [1.82, 2.24) is 10.6 Å². The first-order valence-electron chi connectivity index (χ1n) is 11.2. The van der Waals surface area contributed by atoms with Gasteiger partial charge in [0.2, 0.25) is 0 Å². The standard InChI is InChI=1S/C25H29Cl2N3O4S/c1-14(2)28-22(31)16-7-9-21-20(11-16)30(12-15-6-8-17(26)18(27)10-15)23(32)19(13-35-21)29-24(33)34-25(3,4)5/h6-11,14,19H,12-13H2,1-5H3,(H,28,31)(H,29,33)/t19-/m0/s1. The van der Waals surface area contributed by atoms with Crippen molar-refractivity contribution in [3.63, 3.8) is 0 Å². The van der Waals surface area contributed by atoms with Gasteiger partial charge in [0.05, 0.1) is 22.3 Å². The van der Waals surface area contributed by atoms with Crippen LogP contribution in [0.1, 0.15) is 50.5 Å². The summed E-state index contributed by atoms with van der Waals surface area (Å²) in [4.78, 5) is 41.2. The highest BCUT2D eigenvalue weighted by molar-refractivity contribution is 7.99. The number of thioether (sulfide) groups is 1. The molecule has 10 heteroatoms. The van der Waals surface area contributed by atoms with E-state index >= 15 is 0 Å². The maximum Gasteiger partial charge on any atom is 0.408 e. The number of fused-ring (bicyclic) bond motifs is 1. The van der Waals surface area contributed by atoms with Crippen LogP contribution >= 0.6 is 35.0 Å². The van der Waals surface area contributed by atoms with E-state index in [4.69, 9.17) is 27.9 Å². The average Bonchev–Trinajstić information content (AvgIpc) is 2.86. The number of carbonyl (C=O) groups excluding carboxylic acids is 3. The number of halogens is 2. The van der Waals surface area contributed by atoms with Crippen molar-refractivity contribution in [3.8, 4) is 0 Å². The lowest BCUT2D eigenvalue weighted by molar-refractivity contribution is -0.120. The van der Waals surface area contributed by atoms with Crippen LogP contribution in [0.5, 0.6) is 0 Å². The molecule has 3 amide bonds. The Bertz CT molecular complexity index is 1130. The summed E-state index contributed by atoms with van der Waals surface area (Å²) in [6.45, 7) is 9.20. The molecule has 0 unspecified atom stereocenters. The molecule has 0 spiro atoms. The van der Waals surface area contributed by atoms with E-state index in [0.717, 1.165) is 10.5 Å². The number of benzene rings is 2. The zero-order valence-electron chi connectivity index (χ0n) is 20.3. The van der Waals surface area contributed by atoms with Gasteiger partial charge in [-0.1, -0.05) is 29.3 Å². The van der Waals surface area contributed by atoms with Gasteiger partial charge >= 0.3 is 6.09 Å². The predicted octanol–water partition coefficient (Wildman–Crippen LogP) is 5.66. The van der Waals surface area contributed by atoms with Crippen molar-refractivity contribution in [2.45, 2.75) is 63.7 Å². The fraction of sp³-hybridized carbons (Fsp3) is 0.400. The minimum Gasteiger partial charge on any atom is -0.444 e. The van der Waals surface area contributed by atoms with Gasteiger partial charge in [0.25, 0.3) is 11.8 Å². The SMILES string of the molecule is CC(C)NC(=O)c1ccc2c(c1)N(Cc1ccc(Cl)c(Cl)c1)C(=O)[C@@H](NC(=O)OC(C)(C)C)CS2. The van der Waals surface area contributed by atoms with E-state index in [0.29, 0.717) is 27.0 Å². The first-order chi connectivity index (χ1) is 16.3. The molecular weight excluding hydrogens is 509 g/mol. The molecule has 2 N–H and O–H groups in total. The fourth-order valence-electron chi connectivity index (χ4n) is 3.43. The molecule has 0 fully saturated rings. The normalized spacial score (nSPS) is 15.9. The summed E-state index contributed by atoms with van der Waals surface area (Å²) in [7, 11) is 0. The second-order valence-corrected chi connectivity index (χ2v) is 11.4. The van der Waals surface area contributed by atoms with Crippen molar-refractivity contribution in [2.75, 3.05) is 10.7 Å². The van der Waals surface area contributed by atoms with Crippen LogP contribution in [-0.2, 0) is 16.1 Å². The molecule has 0 radical (unpaired) electrons. The van der Waals surface area contributed by atoms with Crippen LogP contribution < -0.4 is 15.5 Å². The minimum absolute atomic E-state index is 0.0351. The Hall–Kier alpha value is -2.42. The van der Waals surface area contributed by atoms with Crippen LogP contribution in [0.2, 0.25) is 10.0 Å². The summed E-state index contributed by atoms with van der Waals surface area (Å²) in [5.41, 5.74) is 1.06. The molecule has 2 aromatic rings. The van der Waals surface area contributed by atoms with E-state index in [1.54, 1.807) is 56.0 Å². The van der Waals surface area contributed by atoms with Crippen LogP contribution in [0.25, 0.3) is 0 Å². The second kappa shape index (κ2) is 11.1. The zero-order chi connectivity index (χ0) is 25.9. The molecule has 188 valence electrons. The molecule has 1 atom stereocenters. The van der Waals surface area contributed by atoms with Gasteiger partial charge in [-0.25, -0.2) is 4.79 Å². The van der Waals surface area contributed by atoms with E-state index in [-0.39, 0.29) is 24.4 Å². The van der Waals surface area contributed by atoms with Crippen LogP contribution in [0.15, 0.2) is 41.3 Å². The van der Waals surface area contributed by atoms with E-state index in [1.807, 2.05) is 19.9 Å². The fourth-order valence-corrected chi connectivity index (χ4v) is 4.80. The van der Waals surface area contributed by atoms with Gasteiger partial charge in [0.15, 0.2) is 0 Å². The van der Waals surface area contributed by atoms with Crippen LogP contribution in [-0.4, -0.2) is 41.3 Å². The molecule has 0 aromatic heterocycles. The van der Waals surface area contributed by atoms with Crippen LogP contribution in [0.4, 0.5) is 10.5 Å². The highest BCUT2D eigenvalue weighted by Crippen LogP contribution is 2.37. The summed E-state index contributed by atoms with van der Waals surface area (Å²) in [6.07, 6.45) is -0.672. The predicted molar refractivity (Wildman–Crippen MR) is 141 cm³/mol. The van der Waals surface area contributed by atoms with Gasteiger partial charge in [0, 0.05) is 22.3 Å². The van der Waals surface area contributed by atoms with Crippen molar-refractivity contribution < 1.29 is 19.1 Å². The second-order valence-electron chi connectivity index (χ2n) is 9.49. The van der Waals surface area contributed by atoms with Crippen LogP contribution in [0.3, 0.4) is 0 Å². The molecule has 0 aliphatic carbocycles. The summed E-state index contributed by atoms with van der Waals surface area (Å²) >= 11 is 13.7. The minimum atomic E-state index is -0.835. The van der Waals surface area contributed by atoms with Crippen molar-refractivity contribution in [1.29, 1.82) is 0 Å². The first-order valence-corrected chi connectivity index (χ1v) is 12.9. The molecule has 0 saturated heterocycles. The summed E-state index contributed by atoms with van der Waals surface area (Å²) in [5, 5.41) is 6.35. The third-order valence-corrected chi connectivity index (χ3v) is 6.81. The Morgan fingerprint density at radius 1 is 1.14 bits per heavy atom. The third-order valence-electron chi connectivity index (χ3n) is 4.92. The maximum atomic E-state index is 13.7. The van der Waals surface area contributed by atoms with Crippen molar-refractivity contribution in [2.24, 2.45) is 0 Å². The van der Waals surface area contributed by atoms with E-state index < -0.39 is 17.7 Å². The smallest absolute Gasteiger partial charge is 0.408 e. The number of ether oxygens (including phenoxy) is 1. The summed E-state index contributed by atoms with van der Waals surface area (Å²) in [6, 6.07) is 9.52. The molecule has 0 saturated carbocycles. The molecule has 0 bridgehead atoms. The van der Waals surface area contributed by atoms with Crippen molar-refractivity contribution >= 4 is 58.6 Å². The Labute approximate surface area is 219 Å². The molecule has 1 aliphatic heterocycles. The molecule has 1 aliphatic rings. The van der Waals surface area contributed by atoms with Gasteiger partial charge in [-0.15, -0.1) is 11.8 Å². The monoisotopic (exact) mass is 537 g/mol. The van der Waals surface area contributed by atoms with Crippen LogP contribution in [0, 0.1) is 0 Å². The van der Waals surface area contributed by atoms with E-state index in [9.17, 15) is 14.4 Å². The molecule has 35 heavy (non-hydrogen) atoms. The average molecular weight is 538 g/mol. The van der Waals surface area contributed by atoms with E-state index in [2.05, 4.69) is 10.6 Å². The molecule has 1 heterocycles. The first kappa shape index (κ1) is 27.2. The highest BCUT2D eigenvalue weighted by atomic mass is 35.5. The Kier molecular flexibility index (Phi) is 8.62. The number of nitrogens with one attached hydrogen (secondary N) is 2. The highest BCUT2D eigenvalue weighted by Gasteiger charge is 2.33. The molecule has 7 nitrogen and oxygen atoms in total. The lowest BCUT2D eigenvalue weighted by Crippen LogP contribution is -2.50. The number of rotatable bonds is 5. The summed E-state index contributed by atoms with van der Waals surface area (Å²) in [5.74, 6) is -0.252. The van der Waals surface area contributed by atoms with Gasteiger partial charge in [-0.05, 0) is 70.5 Å². The largest absolute Gasteiger partial charge is 0.444 e. The van der Waals surface area contributed by atoms with E-state index in [1.165, 1.54) is 11.8 Å². The lowest BCUT2D eigenvalue weighted by atomic mass is 10.1. The number of hydrogen-bond acceptors (Lipinski definition) is 5. The molecule has 3 rings (SSSR count). The number of carbonyl (C=O) groups is 3. The Morgan fingerprint density at radius 3 is 2.49 bits per heavy atom. The Morgan fingerprint density at radius 2 is 1.86 bits per heavy atom. The van der Waals surface area contributed by atoms with Gasteiger partial charge in [-0.3, -0.25) is 9.59 Å². The Balaban J connectivity index is 1.99.